The van der Waals surface area contributed by atoms with E-state index in [1.165, 1.54) is 0 Å². The Morgan fingerprint density at radius 2 is 2.24 bits per heavy atom. The second-order valence-electron chi connectivity index (χ2n) is 3.78. The number of benzene rings is 1. The van der Waals surface area contributed by atoms with Gasteiger partial charge in [0.25, 0.3) is 0 Å². The van der Waals surface area contributed by atoms with Crippen molar-refractivity contribution in [1.82, 2.24) is 14.8 Å². The summed E-state index contributed by atoms with van der Waals surface area (Å²) in [7, 11) is 1.76. The first kappa shape index (κ1) is 11.9. The van der Waals surface area contributed by atoms with E-state index in [1.54, 1.807) is 30.2 Å². The topological polar surface area (TPSA) is 66.0 Å². The van der Waals surface area contributed by atoms with Crippen molar-refractivity contribution in [3.05, 3.63) is 35.1 Å². The van der Waals surface area contributed by atoms with Gasteiger partial charge < -0.3 is 10.5 Å². The smallest absolute Gasteiger partial charge is 0.341 e. The molecule has 0 saturated heterocycles. The zero-order valence-electron chi connectivity index (χ0n) is 9.59. The third-order valence-electron chi connectivity index (χ3n) is 2.26. The number of aromatic nitrogens is 3. The van der Waals surface area contributed by atoms with Gasteiger partial charge in [-0.1, -0.05) is 17.7 Å². The molecule has 0 fully saturated rings. The van der Waals surface area contributed by atoms with Crippen molar-refractivity contribution in [3.63, 3.8) is 0 Å². The molecule has 5 nitrogen and oxygen atoms in total. The standard InChI is InChI=1S/C11H13ClN4O/c1-7(13)8-3-4-10(9(12)5-8)17-11-14-6-16(2)15-11/h3-7H,13H2,1-2H3/t7-/m1/s1. The molecule has 0 unspecified atom stereocenters. The van der Waals surface area contributed by atoms with E-state index in [0.29, 0.717) is 10.8 Å². The van der Waals surface area contributed by atoms with Crippen LogP contribution in [-0.2, 0) is 7.05 Å². The molecule has 0 amide bonds. The first-order valence-corrected chi connectivity index (χ1v) is 5.52. The monoisotopic (exact) mass is 252 g/mol. The molecule has 2 aromatic rings. The van der Waals surface area contributed by atoms with Gasteiger partial charge in [0.2, 0.25) is 0 Å². The molecule has 0 aliphatic carbocycles. The van der Waals surface area contributed by atoms with Crippen LogP contribution in [-0.4, -0.2) is 14.8 Å². The minimum atomic E-state index is -0.0606. The van der Waals surface area contributed by atoms with E-state index in [-0.39, 0.29) is 12.1 Å². The number of hydrogen-bond donors (Lipinski definition) is 1. The van der Waals surface area contributed by atoms with Crippen LogP contribution < -0.4 is 10.5 Å². The first-order valence-electron chi connectivity index (χ1n) is 5.15. The average molecular weight is 253 g/mol. The number of nitrogens with two attached hydrogens (primary N) is 1. The molecular formula is C11H13ClN4O. The highest BCUT2D eigenvalue weighted by Crippen LogP contribution is 2.29. The Balaban J connectivity index is 2.22. The van der Waals surface area contributed by atoms with E-state index >= 15 is 0 Å². The molecule has 1 aromatic carbocycles. The van der Waals surface area contributed by atoms with E-state index in [9.17, 15) is 0 Å². The fourth-order valence-electron chi connectivity index (χ4n) is 1.35. The lowest BCUT2D eigenvalue weighted by Gasteiger charge is -2.08. The molecule has 90 valence electrons. The SMILES string of the molecule is C[C@@H](N)c1ccc(Oc2ncn(C)n2)c(Cl)c1. The van der Waals surface area contributed by atoms with Crippen molar-refractivity contribution in [2.75, 3.05) is 0 Å². The predicted molar refractivity (Wildman–Crippen MR) is 65.1 cm³/mol. The number of nitrogens with zero attached hydrogens (tertiary/aromatic N) is 3. The predicted octanol–water partition coefficient (Wildman–Crippen LogP) is 2.28. The molecule has 17 heavy (non-hydrogen) atoms. The molecule has 0 saturated carbocycles. The fraction of sp³-hybridized carbons (Fsp3) is 0.273. The number of ether oxygens (including phenoxy) is 1. The Labute approximate surface area is 104 Å². The van der Waals surface area contributed by atoms with Gasteiger partial charge in [-0.25, -0.2) is 0 Å². The summed E-state index contributed by atoms with van der Waals surface area (Å²) in [4.78, 5) is 3.96. The normalized spacial score (nSPS) is 12.5. The molecule has 0 aliphatic heterocycles. The van der Waals surface area contributed by atoms with E-state index in [0.717, 1.165) is 5.56 Å². The number of aryl methyl sites for hydroxylation is 1. The molecular weight excluding hydrogens is 240 g/mol. The lowest BCUT2D eigenvalue weighted by Crippen LogP contribution is -2.04. The van der Waals surface area contributed by atoms with Gasteiger partial charge in [-0.15, -0.1) is 5.10 Å². The average Bonchev–Trinajstić information content (AvgIpc) is 2.67. The third-order valence-corrected chi connectivity index (χ3v) is 2.56. The van der Waals surface area contributed by atoms with Gasteiger partial charge in [-0.3, -0.25) is 4.68 Å². The first-order chi connectivity index (χ1) is 8.06. The van der Waals surface area contributed by atoms with Crippen molar-refractivity contribution < 1.29 is 4.74 Å². The summed E-state index contributed by atoms with van der Waals surface area (Å²) in [6, 6.07) is 5.62. The van der Waals surface area contributed by atoms with Crippen molar-refractivity contribution in [2.24, 2.45) is 12.8 Å². The van der Waals surface area contributed by atoms with Gasteiger partial charge in [0, 0.05) is 13.1 Å². The lowest BCUT2D eigenvalue weighted by atomic mass is 10.1. The van der Waals surface area contributed by atoms with Crippen LogP contribution in [0.3, 0.4) is 0 Å². The summed E-state index contributed by atoms with van der Waals surface area (Å²) >= 11 is 6.09. The third kappa shape index (κ3) is 2.75. The highest BCUT2D eigenvalue weighted by molar-refractivity contribution is 6.32. The molecule has 2 N–H and O–H groups in total. The van der Waals surface area contributed by atoms with E-state index in [2.05, 4.69) is 10.1 Å². The molecule has 0 radical (unpaired) electrons. The van der Waals surface area contributed by atoms with Crippen LogP contribution in [0.4, 0.5) is 0 Å². The molecule has 1 heterocycles. The summed E-state index contributed by atoms with van der Waals surface area (Å²) in [5.74, 6) is 0.516. The highest BCUT2D eigenvalue weighted by Gasteiger charge is 2.08. The summed E-state index contributed by atoms with van der Waals surface area (Å²) in [5, 5.41) is 4.50. The number of hydrogen-bond acceptors (Lipinski definition) is 4. The van der Waals surface area contributed by atoms with Gasteiger partial charge in [-0.2, -0.15) is 4.98 Å². The maximum Gasteiger partial charge on any atom is 0.341 e. The van der Waals surface area contributed by atoms with Gasteiger partial charge in [0.05, 0.1) is 5.02 Å². The molecule has 6 heteroatoms. The van der Waals surface area contributed by atoms with E-state index in [4.69, 9.17) is 22.1 Å². The maximum atomic E-state index is 6.09. The molecule has 1 aromatic heterocycles. The Kier molecular flexibility index (Phi) is 3.31. The van der Waals surface area contributed by atoms with Crippen LogP contribution in [0.5, 0.6) is 11.8 Å². The number of halogens is 1. The fourth-order valence-corrected chi connectivity index (χ4v) is 1.58. The Bertz CT molecular complexity index is 524. The van der Waals surface area contributed by atoms with Gasteiger partial charge in [0.1, 0.15) is 12.1 Å². The molecule has 0 bridgehead atoms. The minimum absolute atomic E-state index is 0.0606. The zero-order chi connectivity index (χ0) is 12.4. The second-order valence-corrected chi connectivity index (χ2v) is 4.19. The van der Waals surface area contributed by atoms with Gasteiger partial charge in [-0.05, 0) is 24.6 Å². The molecule has 1 atom stereocenters. The van der Waals surface area contributed by atoms with Gasteiger partial charge in [0.15, 0.2) is 0 Å². The van der Waals surface area contributed by atoms with Crippen LogP contribution in [0.1, 0.15) is 18.5 Å². The zero-order valence-corrected chi connectivity index (χ0v) is 10.3. The molecule has 2 rings (SSSR count). The van der Waals surface area contributed by atoms with Crippen LogP contribution in [0, 0.1) is 0 Å². The van der Waals surface area contributed by atoms with E-state index in [1.807, 2.05) is 13.0 Å². The van der Waals surface area contributed by atoms with Crippen molar-refractivity contribution in [3.8, 4) is 11.8 Å². The quantitative estimate of drug-likeness (QED) is 0.910. The van der Waals surface area contributed by atoms with Crippen molar-refractivity contribution in [2.45, 2.75) is 13.0 Å². The summed E-state index contributed by atoms with van der Waals surface area (Å²) < 4.78 is 7.00. The summed E-state index contributed by atoms with van der Waals surface area (Å²) in [6.07, 6.45) is 1.56. The van der Waals surface area contributed by atoms with Crippen LogP contribution in [0.2, 0.25) is 5.02 Å². The molecule has 0 spiro atoms. The largest absolute Gasteiger partial charge is 0.422 e. The minimum Gasteiger partial charge on any atom is -0.422 e. The Hall–Kier alpha value is -1.59. The van der Waals surface area contributed by atoms with Crippen molar-refractivity contribution >= 4 is 11.6 Å². The summed E-state index contributed by atoms with van der Waals surface area (Å²) in [6.45, 7) is 1.90. The number of rotatable bonds is 3. The van der Waals surface area contributed by atoms with Crippen molar-refractivity contribution in [1.29, 1.82) is 0 Å². The molecule has 0 aliphatic rings. The highest BCUT2D eigenvalue weighted by atomic mass is 35.5. The van der Waals surface area contributed by atoms with Crippen LogP contribution in [0.25, 0.3) is 0 Å². The van der Waals surface area contributed by atoms with Crippen LogP contribution >= 0.6 is 11.6 Å². The summed E-state index contributed by atoms with van der Waals surface area (Å²) in [5.41, 5.74) is 6.72. The van der Waals surface area contributed by atoms with Gasteiger partial charge >= 0.3 is 6.01 Å². The van der Waals surface area contributed by atoms with Crippen LogP contribution in [0.15, 0.2) is 24.5 Å². The Morgan fingerprint density at radius 1 is 1.47 bits per heavy atom. The van der Waals surface area contributed by atoms with E-state index < -0.39 is 0 Å². The Morgan fingerprint density at radius 3 is 2.76 bits per heavy atom. The maximum absolute atomic E-state index is 6.09. The lowest BCUT2D eigenvalue weighted by molar-refractivity contribution is 0.439. The second kappa shape index (κ2) is 4.73.